The van der Waals surface area contributed by atoms with Crippen LogP contribution in [0.4, 0.5) is 5.69 Å². The van der Waals surface area contributed by atoms with Gasteiger partial charge in [-0.15, -0.1) is 0 Å². The van der Waals surface area contributed by atoms with Crippen molar-refractivity contribution < 1.29 is 13.2 Å². The molecule has 0 aliphatic heterocycles. The highest BCUT2D eigenvalue weighted by Gasteiger charge is 2.26. The van der Waals surface area contributed by atoms with Crippen LogP contribution in [0.1, 0.15) is 19.4 Å². The van der Waals surface area contributed by atoms with E-state index in [4.69, 9.17) is 0 Å². The van der Waals surface area contributed by atoms with Crippen molar-refractivity contribution in [2.45, 2.75) is 26.0 Å². The Bertz CT molecular complexity index is 508. The molecule has 0 aliphatic rings. The van der Waals surface area contributed by atoms with E-state index in [1.807, 2.05) is 19.1 Å². The normalized spacial score (nSPS) is 13.1. The quantitative estimate of drug-likeness (QED) is 0.891. The predicted molar refractivity (Wildman–Crippen MR) is 68.7 cm³/mol. The van der Waals surface area contributed by atoms with E-state index < -0.39 is 21.0 Å². The number of carbonyl (C=O) groups is 1. The van der Waals surface area contributed by atoms with Crippen LogP contribution in [-0.2, 0) is 14.6 Å². The highest BCUT2D eigenvalue weighted by atomic mass is 32.2. The van der Waals surface area contributed by atoms with E-state index in [0.29, 0.717) is 5.69 Å². The molecule has 1 aromatic carbocycles. The molecule has 0 saturated carbocycles. The number of rotatable bonds is 4. The van der Waals surface area contributed by atoms with Gasteiger partial charge in [-0.05, 0) is 31.5 Å². The Morgan fingerprint density at radius 2 is 2.06 bits per heavy atom. The van der Waals surface area contributed by atoms with Gasteiger partial charge in [0.05, 0.1) is 0 Å². The van der Waals surface area contributed by atoms with Gasteiger partial charge >= 0.3 is 0 Å². The third-order valence-electron chi connectivity index (χ3n) is 2.60. The van der Waals surface area contributed by atoms with Crippen molar-refractivity contribution in [1.29, 1.82) is 0 Å². The Hall–Kier alpha value is -1.36. The summed E-state index contributed by atoms with van der Waals surface area (Å²) < 4.78 is 23.1. The molecule has 5 heteroatoms. The molecule has 0 saturated heterocycles. The SMILES string of the molecule is CCS(=O)(=O)[C@@H](C)C(=O)Nc1cccc(C)c1. The largest absolute Gasteiger partial charge is 0.325 e. The molecule has 0 bridgehead atoms. The van der Waals surface area contributed by atoms with E-state index in [0.717, 1.165) is 5.56 Å². The summed E-state index contributed by atoms with van der Waals surface area (Å²) in [6.45, 7) is 4.84. The molecule has 1 N–H and O–H groups in total. The van der Waals surface area contributed by atoms with Gasteiger partial charge in [-0.3, -0.25) is 4.79 Å². The first-order valence-electron chi connectivity index (χ1n) is 5.46. The van der Waals surface area contributed by atoms with Crippen LogP contribution in [-0.4, -0.2) is 25.3 Å². The number of hydrogen-bond donors (Lipinski definition) is 1. The van der Waals surface area contributed by atoms with Gasteiger partial charge < -0.3 is 5.32 Å². The van der Waals surface area contributed by atoms with E-state index in [9.17, 15) is 13.2 Å². The molecule has 0 heterocycles. The van der Waals surface area contributed by atoms with Gasteiger partial charge in [-0.2, -0.15) is 0 Å². The molecule has 1 amide bonds. The smallest absolute Gasteiger partial charge is 0.242 e. The van der Waals surface area contributed by atoms with Gasteiger partial charge in [0.1, 0.15) is 5.25 Å². The summed E-state index contributed by atoms with van der Waals surface area (Å²) >= 11 is 0. The minimum Gasteiger partial charge on any atom is -0.325 e. The Kier molecular flexibility index (Phi) is 4.28. The van der Waals surface area contributed by atoms with Gasteiger partial charge in [0.15, 0.2) is 9.84 Å². The summed E-state index contributed by atoms with van der Waals surface area (Å²) in [7, 11) is -3.34. The van der Waals surface area contributed by atoms with Gasteiger partial charge in [-0.25, -0.2) is 8.42 Å². The second-order valence-electron chi connectivity index (χ2n) is 3.95. The first-order chi connectivity index (χ1) is 7.86. The average molecular weight is 255 g/mol. The minimum absolute atomic E-state index is 0.0323. The maximum atomic E-state index is 11.7. The molecule has 0 radical (unpaired) electrons. The molecular weight excluding hydrogens is 238 g/mol. The lowest BCUT2D eigenvalue weighted by atomic mass is 10.2. The third-order valence-corrected chi connectivity index (χ3v) is 4.69. The van der Waals surface area contributed by atoms with Crippen LogP contribution < -0.4 is 5.32 Å². The summed E-state index contributed by atoms with van der Waals surface area (Å²) in [6.07, 6.45) is 0. The number of hydrogen-bond acceptors (Lipinski definition) is 3. The molecular formula is C12H17NO3S. The number of benzene rings is 1. The fourth-order valence-electron chi connectivity index (χ4n) is 1.38. The van der Waals surface area contributed by atoms with Crippen molar-refractivity contribution in [1.82, 2.24) is 0 Å². The summed E-state index contributed by atoms with van der Waals surface area (Å²) in [5.41, 5.74) is 1.63. The van der Waals surface area contributed by atoms with Gasteiger partial charge in [0.2, 0.25) is 5.91 Å². The van der Waals surface area contributed by atoms with Crippen LogP contribution in [0.25, 0.3) is 0 Å². The summed E-state index contributed by atoms with van der Waals surface area (Å²) in [4.78, 5) is 11.7. The van der Waals surface area contributed by atoms with Crippen LogP contribution in [0, 0.1) is 6.92 Å². The lowest BCUT2D eigenvalue weighted by Gasteiger charge is -2.12. The molecule has 0 aliphatic carbocycles. The fraction of sp³-hybridized carbons (Fsp3) is 0.417. The van der Waals surface area contributed by atoms with Crippen LogP contribution in [0.2, 0.25) is 0 Å². The van der Waals surface area contributed by atoms with Crippen LogP contribution >= 0.6 is 0 Å². The lowest BCUT2D eigenvalue weighted by Crippen LogP contribution is -2.33. The second-order valence-corrected chi connectivity index (χ2v) is 6.56. The van der Waals surface area contributed by atoms with Crippen LogP contribution in [0.5, 0.6) is 0 Å². The number of carbonyl (C=O) groups excluding carboxylic acids is 1. The summed E-state index contributed by atoms with van der Waals surface area (Å²) in [5, 5.41) is 1.58. The van der Waals surface area contributed by atoms with Crippen molar-refractivity contribution in [2.24, 2.45) is 0 Å². The van der Waals surface area contributed by atoms with Crippen LogP contribution in [0.15, 0.2) is 24.3 Å². The first-order valence-corrected chi connectivity index (χ1v) is 7.17. The number of nitrogens with one attached hydrogen (secondary N) is 1. The standard InChI is InChI=1S/C12H17NO3S/c1-4-17(15,16)10(3)12(14)13-11-7-5-6-9(2)8-11/h5-8,10H,4H2,1-3H3,(H,13,14)/t10-/m0/s1. The van der Waals surface area contributed by atoms with Gasteiger partial charge in [0, 0.05) is 11.4 Å². The highest BCUT2D eigenvalue weighted by Crippen LogP contribution is 2.11. The molecule has 1 atom stereocenters. The molecule has 17 heavy (non-hydrogen) atoms. The first kappa shape index (κ1) is 13.7. The predicted octanol–water partition coefficient (Wildman–Crippen LogP) is 1.76. The maximum absolute atomic E-state index is 11.7. The molecule has 94 valence electrons. The number of aryl methyl sites for hydroxylation is 1. The minimum atomic E-state index is -3.34. The van der Waals surface area contributed by atoms with E-state index in [-0.39, 0.29) is 5.75 Å². The molecule has 0 aromatic heterocycles. The summed E-state index contributed by atoms with van der Waals surface area (Å²) in [5.74, 6) is -0.521. The Labute approximate surface area is 102 Å². The topological polar surface area (TPSA) is 63.2 Å². The molecule has 4 nitrogen and oxygen atoms in total. The molecule has 1 rings (SSSR count). The second kappa shape index (κ2) is 5.31. The Balaban J connectivity index is 2.80. The van der Waals surface area contributed by atoms with Gasteiger partial charge in [-0.1, -0.05) is 19.1 Å². The van der Waals surface area contributed by atoms with Crippen molar-refractivity contribution in [2.75, 3.05) is 11.1 Å². The number of anilines is 1. The van der Waals surface area contributed by atoms with Crippen LogP contribution in [0.3, 0.4) is 0 Å². The fourth-order valence-corrected chi connectivity index (χ4v) is 2.26. The zero-order chi connectivity index (χ0) is 13.1. The van der Waals surface area contributed by atoms with Gasteiger partial charge in [0.25, 0.3) is 0 Å². The monoisotopic (exact) mass is 255 g/mol. The molecule has 0 fully saturated rings. The zero-order valence-corrected chi connectivity index (χ0v) is 11.0. The Morgan fingerprint density at radius 1 is 1.41 bits per heavy atom. The van der Waals surface area contributed by atoms with E-state index >= 15 is 0 Å². The molecule has 1 aromatic rings. The highest BCUT2D eigenvalue weighted by molar-refractivity contribution is 7.92. The van der Waals surface area contributed by atoms with E-state index in [1.165, 1.54) is 13.8 Å². The summed E-state index contributed by atoms with van der Waals surface area (Å²) in [6, 6.07) is 7.24. The third kappa shape index (κ3) is 3.56. The van der Waals surface area contributed by atoms with Crippen molar-refractivity contribution >= 4 is 21.4 Å². The van der Waals surface area contributed by atoms with Crippen molar-refractivity contribution in [3.05, 3.63) is 29.8 Å². The average Bonchev–Trinajstić information content (AvgIpc) is 2.28. The van der Waals surface area contributed by atoms with E-state index in [2.05, 4.69) is 5.32 Å². The number of amides is 1. The Morgan fingerprint density at radius 3 is 2.59 bits per heavy atom. The van der Waals surface area contributed by atoms with E-state index in [1.54, 1.807) is 12.1 Å². The zero-order valence-electron chi connectivity index (χ0n) is 10.2. The van der Waals surface area contributed by atoms with Crippen molar-refractivity contribution in [3.8, 4) is 0 Å². The molecule has 0 spiro atoms. The lowest BCUT2D eigenvalue weighted by molar-refractivity contribution is -0.115. The van der Waals surface area contributed by atoms with Crippen molar-refractivity contribution in [3.63, 3.8) is 0 Å². The number of sulfone groups is 1. The maximum Gasteiger partial charge on any atom is 0.242 e. The molecule has 0 unspecified atom stereocenters.